The molecule has 0 aliphatic carbocycles. The van der Waals surface area contributed by atoms with Crippen LogP contribution in [0.25, 0.3) is 0 Å². The second kappa shape index (κ2) is 8.29. The molecule has 0 radical (unpaired) electrons. The van der Waals surface area contributed by atoms with Crippen LogP contribution >= 0.6 is 0 Å². The number of anilines is 1. The van der Waals surface area contributed by atoms with Gasteiger partial charge in [0.25, 0.3) is 5.91 Å². The third kappa shape index (κ3) is 5.09. The maximum absolute atomic E-state index is 12.4. The summed E-state index contributed by atoms with van der Waals surface area (Å²) in [5, 5.41) is 13.4. The second-order valence-corrected chi connectivity index (χ2v) is 6.33. The topological polar surface area (TPSA) is 103 Å². The van der Waals surface area contributed by atoms with Crippen molar-refractivity contribution in [2.24, 2.45) is 7.05 Å². The summed E-state index contributed by atoms with van der Waals surface area (Å²) in [7, 11) is 3.13. The number of nitrogens with one attached hydrogen (secondary N) is 2. The largest absolute Gasteiger partial charge is 0.411 e. The van der Waals surface area contributed by atoms with Gasteiger partial charge in [0.05, 0.1) is 30.7 Å². The number of rotatable bonds is 7. The van der Waals surface area contributed by atoms with Crippen molar-refractivity contribution in [3.63, 3.8) is 0 Å². The van der Waals surface area contributed by atoms with E-state index in [1.54, 1.807) is 13.2 Å². The van der Waals surface area contributed by atoms with Gasteiger partial charge in [-0.1, -0.05) is 0 Å². The van der Waals surface area contributed by atoms with Crippen molar-refractivity contribution >= 4 is 11.7 Å². The Morgan fingerprint density at radius 3 is 2.93 bits per heavy atom. The van der Waals surface area contributed by atoms with Crippen LogP contribution in [-0.2, 0) is 27.9 Å². The highest BCUT2D eigenvalue weighted by atomic mass is 19.4. The molecule has 3 heterocycles. The molecule has 2 atom stereocenters. The molecule has 0 saturated carbocycles. The maximum Gasteiger partial charge on any atom is 0.411 e. The van der Waals surface area contributed by atoms with Crippen LogP contribution in [-0.4, -0.2) is 58.5 Å². The lowest BCUT2D eigenvalue weighted by atomic mass is 10.1. The summed E-state index contributed by atoms with van der Waals surface area (Å²) in [4.78, 5) is 12.4. The normalized spacial score (nSPS) is 19.9. The van der Waals surface area contributed by atoms with E-state index >= 15 is 0 Å². The lowest BCUT2D eigenvalue weighted by Crippen LogP contribution is -2.16. The second-order valence-electron chi connectivity index (χ2n) is 6.33. The molecule has 1 aliphatic heterocycles. The zero-order valence-electron chi connectivity index (χ0n) is 15.2. The fourth-order valence-electron chi connectivity index (χ4n) is 2.81. The summed E-state index contributed by atoms with van der Waals surface area (Å²) in [5.74, 6) is -0.210. The number of carbonyl (C=O) groups excluding carboxylic acids is 1. The van der Waals surface area contributed by atoms with E-state index in [2.05, 4.69) is 25.3 Å². The summed E-state index contributed by atoms with van der Waals surface area (Å²) in [6.45, 7) is -1.25. The Morgan fingerprint density at radius 2 is 2.25 bits per heavy atom. The van der Waals surface area contributed by atoms with Crippen molar-refractivity contribution in [3.05, 3.63) is 29.2 Å². The first-order chi connectivity index (χ1) is 13.2. The average molecular weight is 403 g/mol. The van der Waals surface area contributed by atoms with E-state index < -0.39 is 18.7 Å². The SMILES string of the molecule is COC1COC(c2cc(NC(=O)c3cc(COCC(F)(F)F)nn3C)n[nH]2)C1. The fourth-order valence-corrected chi connectivity index (χ4v) is 2.81. The minimum Gasteiger partial charge on any atom is -0.379 e. The molecule has 28 heavy (non-hydrogen) atoms. The highest BCUT2D eigenvalue weighted by Crippen LogP contribution is 2.29. The lowest BCUT2D eigenvalue weighted by Gasteiger charge is -2.05. The van der Waals surface area contributed by atoms with Crippen molar-refractivity contribution in [1.82, 2.24) is 20.0 Å². The molecule has 1 aliphatic rings. The summed E-state index contributed by atoms with van der Waals surface area (Å²) in [6, 6.07) is 3.02. The molecule has 1 saturated heterocycles. The van der Waals surface area contributed by atoms with Gasteiger partial charge in [-0.3, -0.25) is 14.6 Å². The third-order valence-electron chi connectivity index (χ3n) is 4.16. The Hall–Kier alpha value is -2.44. The van der Waals surface area contributed by atoms with Crippen LogP contribution in [0.3, 0.4) is 0 Å². The highest BCUT2D eigenvalue weighted by Gasteiger charge is 2.29. The van der Waals surface area contributed by atoms with Crippen LogP contribution in [0.5, 0.6) is 0 Å². The Morgan fingerprint density at radius 1 is 1.46 bits per heavy atom. The molecule has 1 amide bonds. The quantitative estimate of drug-likeness (QED) is 0.733. The highest BCUT2D eigenvalue weighted by molar-refractivity contribution is 6.02. The summed E-state index contributed by atoms with van der Waals surface area (Å²) in [5.41, 5.74) is 1.08. The predicted octanol–water partition coefficient (Wildman–Crippen LogP) is 1.95. The van der Waals surface area contributed by atoms with Crippen molar-refractivity contribution in [2.75, 3.05) is 25.6 Å². The number of H-pyrrole nitrogens is 1. The number of halogens is 3. The Labute approximate surface area is 158 Å². The maximum atomic E-state index is 12.4. The monoisotopic (exact) mass is 403 g/mol. The number of aromatic nitrogens is 4. The molecule has 2 aromatic heterocycles. The Balaban J connectivity index is 1.58. The number of carbonyl (C=O) groups is 1. The van der Waals surface area contributed by atoms with E-state index in [-0.39, 0.29) is 30.2 Å². The summed E-state index contributed by atoms with van der Waals surface area (Å²) < 4.78 is 53.1. The van der Waals surface area contributed by atoms with Gasteiger partial charge in [-0.25, -0.2) is 0 Å². The smallest absolute Gasteiger partial charge is 0.379 e. The van der Waals surface area contributed by atoms with Gasteiger partial charge >= 0.3 is 6.18 Å². The van der Waals surface area contributed by atoms with E-state index in [1.807, 2.05) is 0 Å². The number of nitrogens with zero attached hydrogens (tertiary/aromatic N) is 3. The molecular formula is C16H20F3N5O4. The molecular weight excluding hydrogens is 383 g/mol. The van der Waals surface area contributed by atoms with Crippen molar-refractivity contribution < 1.29 is 32.2 Å². The number of methoxy groups -OCH3 is 1. The van der Waals surface area contributed by atoms with Gasteiger partial charge in [-0.2, -0.15) is 23.4 Å². The van der Waals surface area contributed by atoms with Crippen LogP contribution in [0.4, 0.5) is 19.0 Å². The number of aryl methyl sites for hydroxylation is 1. The van der Waals surface area contributed by atoms with Crippen LogP contribution in [0, 0.1) is 0 Å². The van der Waals surface area contributed by atoms with Crippen LogP contribution in [0.2, 0.25) is 0 Å². The van der Waals surface area contributed by atoms with E-state index in [9.17, 15) is 18.0 Å². The van der Waals surface area contributed by atoms with Crippen molar-refractivity contribution in [2.45, 2.75) is 31.4 Å². The lowest BCUT2D eigenvalue weighted by molar-refractivity contribution is -0.176. The van der Waals surface area contributed by atoms with E-state index in [0.29, 0.717) is 24.5 Å². The van der Waals surface area contributed by atoms with Gasteiger partial charge in [-0.05, 0) is 6.07 Å². The number of ether oxygens (including phenoxy) is 3. The van der Waals surface area contributed by atoms with Crippen molar-refractivity contribution in [1.29, 1.82) is 0 Å². The standard InChI is InChI=1S/C16H20F3N5O4/c1-24-12(3-9(23-24)6-27-8-16(17,18)19)15(25)20-14-5-11(21-22-14)13-4-10(26-2)7-28-13/h3,5,10,13H,4,6-8H2,1-2H3,(H2,20,21,22,25). The van der Waals surface area contributed by atoms with Crippen LogP contribution < -0.4 is 5.32 Å². The number of amides is 1. The molecule has 2 unspecified atom stereocenters. The summed E-state index contributed by atoms with van der Waals surface area (Å²) in [6.07, 6.45) is -3.93. The first kappa shape index (κ1) is 20.3. The van der Waals surface area contributed by atoms with Crippen LogP contribution in [0.15, 0.2) is 12.1 Å². The molecule has 9 nitrogen and oxygen atoms in total. The number of aromatic amines is 1. The van der Waals surface area contributed by atoms with Gasteiger partial charge in [0.1, 0.15) is 18.4 Å². The first-order valence-corrected chi connectivity index (χ1v) is 8.43. The fraction of sp³-hybridized carbons (Fsp3) is 0.562. The predicted molar refractivity (Wildman–Crippen MR) is 89.6 cm³/mol. The van der Waals surface area contributed by atoms with Gasteiger partial charge < -0.3 is 19.5 Å². The molecule has 3 rings (SSSR count). The Bertz CT molecular complexity index is 820. The average Bonchev–Trinajstić information content (AvgIpc) is 3.33. The summed E-state index contributed by atoms with van der Waals surface area (Å²) >= 11 is 0. The molecule has 12 heteroatoms. The zero-order valence-corrected chi connectivity index (χ0v) is 15.2. The third-order valence-corrected chi connectivity index (χ3v) is 4.16. The van der Waals surface area contributed by atoms with Gasteiger partial charge in [0, 0.05) is 26.6 Å². The molecule has 1 fully saturated rings. The van der Waals surface area contributed by atoms with E-state index in [0.717, 1.165) is 0 Å². The minimum atomic E-state index is -4.42. The zero-order chi connectivity index (χ0) is 20.3. The number of hydrogen-bond acceptors (Lipinski definition) is 6. The van der Waals surface area contributed by atoms with E-state index in [1.165, 1.54) is 17.8 Å². The van der Waals surface area contributed by atoms with Crippen LogP contribution in [0.1, 0.15) is 34.4 Å². The minimum absolute atomic E-state index is 0.0127. The van der Waals surface area contributed by atoms with Gasteiger partial charge in [0.2, 0.25) is 0 Å². The first-order valence-electron chi connectivity index (χ1n) is 8.43. The molecule has 0 aromatic carbocycles. The van der Waals surface area contributed by atoms with Gasteiger partial charge in [-0.15, -0.1) is 0 Å². The number of hydrogen-bond donors (Lipinski definition) is 2. The molecule has 0 spiro atoms. The van der Waals surface area contributed by atoms with Gasteiger partial charge in [0.15, 0.2) is 5.82 Å². The molecule has 154 valence electrons. The molecule has 2 aromatic rings. The Kier molecular flexibility index (Phi) is 6.01. The van der Waals surface area contributed by atoms with E-state index in [4.69, 9.17) is 9.47 Å². The van der Waals surface area contributed by atoms with Crippen molar-refractivity contribution in [3.8, 4) is 0 Å². The molecule has 0 bridgehead atoms. The number of alkyl halides is 3. The molecule has 2 N–H and O–H groups in total.